The largest absolute Gasteiger partial charge is 0.400 e. The average molecular weight is 227 g/mol. The summed E-state index contributed by atoms with van der Waals surface area (Å²) in [6.45, 7) is 11.0. The smallest absolute Gasteiger partial charge is 0.185 e. The van der Waals surface area contributed by atoms with Gasteiger partial charge in [-0.25, -0.2) is 0 Å². The zero-order valence-electron chi connectivity index (χ0n) is 10.4. The molecule has 0 N–H and O–H groups in total. The molecule has 4 heteroatoms. The van der Waals surface area contributed by atoms with E-state index in [9.17, 15) is 5.26 Å². The van der Waals surface area contributed by atoms with Gasteiger partial charge >= 0.3 is 0 Å². The first-order valence-corrected chi connectivity index (χ1v) is 8.84. The lowest BCUT2D eigenvalue weighted by Gasteiger charge is -2.43. The van der Waals surface area contributed by atoms with Gasteiger partial charge in [0.25, 0.3) is 0 Å². The maximum Gasteiger partial charge on any atom is 0.185 e. The van der Waals surface area contributed by atoms with E-state index in [-0.39, 0.29) is 5.60 Å². The molecule has 0 saturated carbocycles. The number of nitriles is 1. The van der Waals surface area contributed by atoms with Crippen molar-refractivity contribution in [3.05, 3.63) is 0 Å². The molecular weight excluding hydrogens is 206 g/mol. The van der Waals surface area contributed by atoms with Crippen LogP contribution < -0.4 is 0 Å². The molecule has 0 aliphatic carbocycles. The van der Waals surface area contributed by atoms with Crippen molar-refractivity contribution in [2.24, 2.45) is 0 Å². The molecular formula is C11H21NO2Si. The van der Waals surface area contributed by atoms with Gasteiger partial charge in [0, 0.05) is 12.8 Å². The predicted molar refractivity (Wildman–Crippen MR) is 62.0 cm³/mol. The fourth-order valence-corrected chi connectivity index (χ4v) is 3.50. The summed E-state index contributed by atoms with van der Waals surface area (Å²) < 4.78 is 11.7. The van der Waals surface area contributed by atoms with E-state index >= 15 is 0 Å². The lowest BCUT2D eigenvalue weighted by Crippen LogP contribution is -2.51. The van der Waals surface area contributed by atoms with Gasteiger partial charge in [-0.15, -0.1) is 0 Å². The highest BCUT2D eigenvalue weighted by molar-refractivity contribution is 6.69. The third kappa shape index (κ3) is 3.60. The number of nitrogens with zero attached hydrogens (tertiary/aromatic N) is 1. The number of hydrogen-bond acceptors (Lipinski definition) is 3. The summed E-state index contributed by atoms with van der Waals surface area (Å²) in [5, 5.41) is 9.33. The summed E-state index contributed by atoms with van der Waals surface area (Å²) in [4.78, 5) is 0. The van der Waals surface area contributed by atoms with Gasteiger partial charge in [0.2, 0.25) is 0 Å². The molecule has 1 rings (SSSR count). The van der Waals surface area contributed by atoms with Gasteiger partial charge in [0.15, 0.2) is 8.32 Å². The van der Waals surface area contributed by atoms with Gasteiger partial charge in [-0.1, -0.05) is 0 Å². The van der Waals surface area contributed by atoms with E-state index < -0.39 is 13.9 Å². The van der Waals surface area contributed by atoms with E-state index in [2.05, 4.69) is 25.7 Å². The van der Waals surface area contributed by atoms with Gasteiger partial charge < -0.3 is 9.16 Å². The first-order chi connectivity index (χ1) is 6.68. The minimum Gasteiger partial charge on any atom is -0.400 e. The van der Waals surface area contributed by atoms with Crippen LogP contribution in [0.25, 0.3) is 0 Å². The molecule has 1 saturated heterocycles. The fraction of sp³-hybridized carbons (Fsp3) is 0.909. The molecule has 86 valence electrons. The Kier molecular flexibility index (Phi) is 3.29. The lowest BCUT2D eigenvalue weighted by atomic mass is 9.85. The number of ether oxygens (including phenoxy) is 1. The van der Waals surface area contributed by atoms with Crippen LogP contribution in [0.3, 0.4) is 0 Å². The molecule has 0 bridgehead atoms. The molecule has 0 aromatic rings. The van der Waals surface area contributed by atoms with Crippen molar-refractivity contribution in [1.29, 1.82) is 5.26 Å². The average Bonchev–Trinajstić information content (AvgIpc) is 1.99. The Hall–Kier alpha value is -0.373. The maximum atomic E-state index is 9.33. The van der Waals surface area contributed by atoms with Crippen LogP contribution in [0.15, 0.2) is 0 Å². The minimum atomic E-state index is -1.68. The number of hydrogen-bond donors (Lipinski definition) is 0. The summed E-state index contributed by atoms with van der Waals surface area (Å²) in [6.07, 6.45) is 1.36. The Labute approximate surface area is 93.5 Å². The predicted octanol–water partition coefficient (Wildman–Crippen LogP) is 2.69. The van der Waals surface area contributed by atoms with Crippen LogP contribution in [-0.4, -0.2) is 26.1 Å². The molecule has 0 amide bonds. The van der Waals surface area contributed by atoms with Crippen molar-refractivity contribution >= 4 is 8.32 Å². The van der Waals surface area contributed by atoms with E-state index in [1.165, 1.54) is 0 Å². The van der Waals surface area contributed by atoms with Crippen LogP contribution in [0.1, 0.15) is 26.7 Å². The van der Waals surface area contributed by atoms with E-state index in [0.717, 1.165) is 0 Å². The molecule has 0 spiro atoms. The van der Waals surface area contributed by atoms with E-state index in [4.69, 9.17) is 9.16 Å². The van der Waals surface area contributed by atoms with Gasteiger partial charge in [0.05, 0.1) is 18.3 Å². The van der Waals surface area contributed by atoms with Crippen molar-refractivity contribution in [3.8, 4) is 6.07 Å². The van der Waals surface area contributed by atoms with Crippen LogP contribution in [-0.2, 0) is 9.16 Å². The van der Waals surface area contributed by atoms with Crippen molar-refractivity contribution in [2.75, 3.05) is 6.61 Å². The Morgan fingerprint density at radius 2 is 1.93 bits per heavy atom. The Balaban J connectivity index is 2.82. The van der Waals surface area contributed by atoms with E-state index in [0.29, 0.717) is 19.4 Å². The number of rotatable bonds is 2. The van der Waals surface area contributed by atoms with Crippen LogP contribution in [0.2, 0.25) is 19.6 Å². The summed E-state index contributed by atoms with van der Waals surface area (Å²) in [5.74, 6) is 0. The van der Waals surface area contributed by atoms with Crippen molar-refractivity contribution in [2.45, 2.75) is 57.5 Å². The Morgan fingerprint density at radius 3 is 2.33 bits per heavy atom. The van der Waals surface area contributed by atoms with Crippen LogP contribution in [0.5, 0.6) is 0 Å². The van der Waals surface area contributed by atoms with Gasteiger partial charge in [-0.3, -0.25) is 0 Å². The summed E-state index contributed by atoms with van der Waals surface area (Å²) in [7, 11) is -1.68. The first-order valence-electron chi connectivity index (χ1n) is 5.44. The fourth-order valence-electron chi connectivity index (χ4n) is 2.11. The summed E-state index contributed by atoms with van der Waals surface area (Å²) in [5.41, 5.74) is -0.861. The van der Waals surface area contributed by atoms with E-state index in [1.807, 2.05) is 13.8 Å². The topological polar surface area (TPSA) is 42.2 Å². The van der Waals surface area contributed by atoms with Gasteiger partial charge in [0.1, 0.15) is 5.60 Å². The molecule has 1 atom stereocenters. The first kappa shape index (κ1) is 12.7. The van der Waals surface area contributed by atoms with Gasteiger partial charge in [-0.05, 0) is 33.5 Å². The van der Waals surface area contributed by atoms with Gasteiger partial charge in [-0.2, -0.15) is 5.26 Å². The van der Waals surface area contributed by atoms with Crippen molar-refractivity contribution < 1.29 is 9.16 Å². The summed E-state index contributed by atoms with van der Waals surface area (Å²) >= 11 is 0. The Morgan fingerprint density at radius 1 is 1.33 bits per heavy atom. The zero-order valence-corrected chi connectivity index (χ0v) is 11.4. The molecule has 1 aliphatic heterocycles. The highest BCUT2D eigenvalue weighted by Gasteiger charge is 2.44. The third-order valence-corrected chi connectivity index (χ3v) is 3.42. The second kappa shape index (κ2) is 3.89. The molecule has 0 radical (unpaired) electrons. The standard InChI is InChI=1S/C11H21NO2Si/c1-10(2)8-11(9-12,6-7-13-10)14-15(3,4)5/h6-8H2,1-5H3. The normalized spacial score (nSPS) is 30.9. The molecule has 1 aliphatic rings. The van der Waals surface area contributed by atoms with E-state index in [1.54, 1.807) is 0 Å². The molecule has 1 fully saturated rings. The SMILES string of the molecule is CC1(C)CC(C#N)(O[Si](C)(C)C)CCO1. The monoisotopic (exact) mass is 227 g/mol. The third-order valence-electron chi connectivity index (χ3n) is 2.42. The highest BCUT2D eigenvalue weighted by atomic mass is 28.4. The summed E-state index contributed by atoms with van der Waals surface area (Å²) in [6, 6.07) is 2.36. The molecule has 1 unspecified atom stereocenters. The van der Waals surface area contributed by atoms with Crippen molar-refractivity contribution in [3.63, 3.8) is 0 Å². The van der Waals surface area contributed by atoms with Crippen LogP contribution >= 0.6 is 0 Å². The minimum absolute atomic E-state index is 0.242. The Bertz CT molecular complexity index is 273. The highest BCUT2D eigenvalue weighted by Crippen LogP contribution is 2.36. The lowest BCUT2D eigenvalue weighted by molar-refractivity contribution is -0.115. The quantitative estimate of drug-likeness (QED) is 0.681. The maximum absolute atomic E-state index is 9.33. The second-order valence-corrected chi connectivity index (χ2v) is 10.3. The molecule has 15 heavy (non-hydrogen) atoms. The second-order valence-electron chi connectivity index (χ2n) is 5.86. The van der Waals surface area contributed by atoms with Crippen LogP contribution in [0, 0.1) is 11.3 Å². The zero-order chi connectivity index (χ0) is 11.7. The molecule has 0 aromatic heterocycles. The molecule has 1 heterocycles. The van der Waals surface area contributed by atoms with Crippen LogP contribution in [0.4, 0.5) is 0 Å². The molecule has 0 aromatic carbocycles. The van der Waals surface area contributed by atoms with Crippen molar-refractivity contribution in [1.82, 2.24) is 0 Å². The molecule has 3 nitrogen and oxygen atoms in total.